The Hall–Kier alpha value is -4.06. The van der Waals surface area contributed by atoms with E-state index in [0.717, 1.165) is 34.8 Å². The highest BCUT2D eigenvalue weighted by atomic mass is 16.1. The maximum absolute atomic E-state index is 12.9. The molecule has 2 heterocycles. The second-order valence-electron chi connectivity index (χ2n) is 9.52. The second-order valence-corrected chi connectivity index (χ2v) is 9.52. The van der Waals surface area contributed by atoms with Crippen LogP contribution in [0.5, 0.6) is 0 Å². The Balaban J connectivity index is 1.25. The lowest BCUT2D eigenvalue weighted by Crippen LogP contribution is -2.13. The van der Waals surface area contributed by atoms with Crippen LogP contribution in [-0.2, 0) is 6.42 Å². The summed E-state index contributed by atoms with van der Waals surface area (Å²) in [5, 5.41) is 6.31. The lowest BCUT2D eigenvalue weighted by molar-refractivity contribution is 0.102. The molecule has 2 aromatic carbocycles. The Morgan fingerprint density at radius 1 is 0.972 bits per heavy atom. The maximum atomic E-state index is 12.9. The van der Waals surface area contributed by atoms with Crippen LogP contribution >= 0.6 is 0 Å². The lowest BCUT2D eigenvalue weighted by Gasteiger charge is -2.21. The third-order valence-electron chi connectivity index (χ3n) is 6.82. The summed E-state index contributed by atoms with van der Waals surface area (Å²) < 4.78 is 0. The number of hydrogen-bond acceptors (Lipinski definition) is 5. The van der Waals surface area contributed by atoms with Crippen molar-refractivity contribution in [3.63, 3.8) is 0 Å². The number of aryl methyl sites for hydroxylation is 1. The molecule has 2 N–H and O–H groups in total. The first-order valence-electron chi connectivity index (χ1n) is 12.7. The molecule has 0 spiro atoms. The lowest BCUT2D eigenvalue weighted by atomic mass is 9.85. The zero-order valence-corrected chi connectivity index (χ0v) is 20.6. The summed E-state index contributed by atoms with van der Waals surface area (Å²) >= 11 is 0. The number of carbonyl (C=O) groups is 1. The second kappa shape index (κ2) is 11.1. The van der Waals surface area contributed by atoms with Gasteiger partial charge in [0.1, 0.15) is 0 Å². The number of carbonyl (C=O) groups excluding carboxylic acids is 1. The summed E-state index contributed by atoms with van der Waals surface area (Å²) in [6.45, 7) is 2.00. The van der Waals surface area contributed by atoms with Gasteiger partial charge in [0, 0.05) is 41.1 Å². The fraction of sp³-hybridized carbons (Fsp3) is 0.267. The van der Waals surface area contributed by atoms with Crippen molar-refractivity contribution in [1.82, 2.24) is 15.0 Å². The first-order chi connectivity index (χ1) is 17.6. The van der Waals surface area contributed by atoms with Gasteiger partial charge < -0.3 is 10.6 Å². The van der Waals surface area contributed by atoms with E-state index in [9.17, 15) is 4.79 Å². The number of amides is 1. The van der Waals surface area contributed by atoms with Crippen LogP contribution in [0.4, 0.5) is 17.3 Å². The highest BCUT2D eigenvalue weighted by Crippen LogP contribution is 2.27. The van der Waals surface area contributed by atoms with Crippen LogP contribution in [0.15, 0.2) is 79.3 Å². The van der Waals surface area contributed by atoms with E-state index in [0.29, 0.717) is 17.2 Å². The normalized spacial score (nSPS) is 13.8. The fourth-order valence-corrected chi connectivity index (χ4v) is 4.77. The Bertz CT molecular complexity index is 1320. The molecular formula is C30H31N5O. The van der Waals surface area contributed by atoms with Gasteiger partial charge in [0.2, 0.25) is 5.95 Å². The topological polar surface area (TPSA) is 79.8 Å². The molecule has 0 aliphatic heterocycles. The Morgan fingerprint density at radius 3 is 2.58 bits per heavy atom. The molecule has 0 saturated heterocycles. The first-order valence-corrected chi connectivity index (χ1v) is 12.7. The average Bonchev–Trinajstić information content (AvgIpc) is 2.92. The molecule has 6 nitrogen and oxygen atoms in total. The zero-order valence-electron chi connectivity index (χ0n) is 20.6. The molecule has 0 radical (unpaired) electrons. The predicted molar refractivity (Wildman–Crippen MR) is 144 cm³/mol. The van der Waals surface area contributed by atoms with E-state index >= 15 is 0 Å². The SMILES string of the molecule is Cc1ccc(NC(=O)c2ccc(CC3CCCCC3)cc2)cc1Nc1nccc(-c2cccnc2)n1. The van der Waals surface area contributed by atoms with Crippen molar-refractivity contribution in [2.45, 2.75) is 45.4 Å². The molecule has 182 valence electrons. The first kappa shape index (κ1) is 23.7. The van der Waals surface area contributed by atoms with Crippen molar-refractivity contribution in [3.05, 3.63) is 95.9 Å². The molecule has 0 bridgehead atoms. The number of anilines is 3. The number of benzene rings is 2. The molecule has 1 aliphatic carbocycles. The smallest absolute Gasteiger partial charge is 0.255 e. The summed E-state index contributed by atoms with van der Waals surface area (Å²) in [5.74, 6) is 1.14. The van der Waals surface area contributed by atoms with Gasteiger partial charge in [0.05, 0.1) is 5.69 Å². The Kier molecular flexibility index (Phi) is 7.31. The van der Waals surface area contributed by atoms with Gasteiger partial charge in [-0.05, 0) is 72.9 Å². The van der Waals surface area contributed by atoms with Gasteiger partial charge in [0.15, 0.2) is 0 Å². The van der Waals surface area contributed by atoms with E-state index in [1.807, 2.05) is 55.5 Å². The van der Waals surface area contributed by atoms with Crippen LogP contribution in [0, 0.1) is 12.8 Å². The predicted octanol–water partition coefficient (Wildman–Crippen LogP) is 6.97. The number of nitrogens with zero attached hydrogens (tertiary/aromatic N) is 3. The van der Waals surface area contributed by atoms with E-state index in [-0.39, 0.29) is 5.91 Å². The molecule has 1 saturated carbocycles. The average molecular weight is 478 g/mol. The highest BCUT2D eigenvalue weighted by Gasteiger charge is 2.14. The van der Waals surface area contributed by atoms with Crippen LogP contribution in [0.3, 0.4) is 0 Å². The monoisotopic (exact) mass is 477 g/mol. The summed E-state index contributed by atoms with van der Waals surface area (Å²) in [5.41, 5.74) is 6.25. The van der Waals surface area contributed by atoms with Crippen LogP contribution in [0.25, 0.3) is 11.3 Å². The summed E-state index contributed by atoms with van der Waals surface area (Å²) in [6.07, 6.45) is 13.1. The Labute approximate surface area is 212 Å². The van der Waals surface area contributed by atoms with E-state index < -0.39 is 0 Å². The van der Waals surface area contributed by atoms with Crippen molar-refractivity contribution in [3.8, 4) is 11.3 Å². The minimum Gasteiger partial charge on any atom is -0.324 e. The molecule has 1 amide bonds. The third-order valence-corrected chi connectivity index (χ3v) is 6.82. The number of rotatable bonds is 7. The van der Waals surface area contributed by atoms with Gasteiger partial charge in [-0.25, -0.2) is 9.97 Å². The van der Waals surface area contributed by atoms with Crippen LogP contribution < -0.4 is 10.6 Å². The van der Waals surface area contributed by atoms with Gasteiger partial charge >= 0.3 is 0 Å². The molecule has 5 rings (SSSR count). The fourth-order valence-electron chi connectivity index (χ4n) is 4.77. The maximum Gasteiger partial charge on any atom is 0.255 e. The van der Waals surface area contributed by atoms with Gasteiger partial charge in [-0.2, -0.15) is 0 Å². The number of nitrogens with one attached hydrogen (secondary N) is 2. The molecule has 36 heavy (non-hydrogen) atoms. The van der Waals surface area contributed by atoms with Gasteiger partial charge in [-0.1, -0.05) is 50.3 Å². The molecule has 1 aliphatic rings. The van der Waals surface area contributed by atoms with Crippen molar-refractivity contribution in [2.24, 2.45) is 5.92 Å². The van der Waals surface area contributed by atoms with E-state index in [2.05, 4.69) is 37.7 Å². The number of aromatic nitrogens is 3. The molecule has 2 aromatic heterocycles. The van der Waals surface area contributed by atoms with Crippen molar-refractivity contribution >= 4 is 23.2 Å². The summed E-state index contributed by atoms with van der Waals surface area (Å²) in [7, 11) is 0. The van der Waals surface area contributed by atoms with E-state index in [1.165, 1.54) is 37.7 Å². The quantitative estimate of drug-likeness (QED) is 0.301. The van der Waals surface area contributed by atoms with Crippen molar-refractivity contribution in [1.29, 1.82) is 0 Å². The minimum absolute atomic E-state index is 0.121. The zero-order chi connectivity index (χ0) is 24.7. The number of pyridine rings is 1. The van der Waals surface area contributed by atoms with E-state index in [1.54, 1.807) is 18.6 Å². The molecule has 0 atom stereocenters. The van der Waals surface area contributed by atoms with Gasteiger partial charge in [0.25, 0.3) is 5.91 Å². The molecular weight excluding hydrogens is 446 g/mol. The van der Waals surface area contributed by atoms with Crippen LogP contribution in [0.1, 0.15) is 53.6 Å². The molecule has 1 fully saturated rings. The van der Waals surface area contributed by atoms with Crippen LogP contribution in [0.2, 0.25) is 0 Å². The van der Waals surface area contributed by atoms with Crippen molar-refractivity contribution < 1.29 is 4.79 Å². The standard InChI is InChI=1S/C30H31N5O/c1-21-9-14-26(19-28(21)35-30-32-17-15-27(34-30)25-8-5-16-31-20-25)33-29(36)24-12-10-23(11-13-24)18-22-6-3-2-4-7-22/h5,8-17,19-20,22H,2-4,6-7,18H2,1H3,(H,33,36)(H,32,34,35). The summed E-state index contributed by atoms with van der Waals surface area (Å²) in [4.78, 5) is 26.0. The Morgan fingerprint density at radius 2 is 1.81 bits per heavy atom. The van der Waals surface area contributed by atoms with Gasteiger partial charge in [-0.15, -0.1) is 0 Å². The minimum atomic E-state index is -0.121. The van der Waals surface area contributed by atoms with Gasteiger partial charge in [-0.3, -0.25) is 9.78 Å². The highest BCUT2D eigenvalue weighted by molar-refractivity contribution is 6.04. The van der Waals surface area contributed by atoms with Crippen LogP contribution in [-0.4, -0.2) is 20.9 Å². The molecule has 6 heteroatoms. The van der Waals surface area contributed by atoms with Crippen molar-refractivity contribution in [2.75, 3.05) is 10.6 Å². The summed E-state index contributed by atoms with van der Waals surface area (Å²) in [6, 6.07) is 19.5. The number of hydrogen-bond donors (Lipinski definition) is 2. The molecule has 4 aromatic rings. The van der Waals surface area contributed by atoms with E-state index in [4.69, 9.17) is 0 Å². The largest absolute Gasteiger partial charge is 0.324 e. The molecule has 0 unspecified atom stereocenters. The third kappa shape index (κ3) is 5.95.